The lowest BCUT2D eigenvalue weighted by Gasteiger charge is -2.11. The summed E-state index contributed by atoms with van der Waals surface area (Å²) in [5.41, 5.74) is 2.23. The molecule has 0 aliphatic heterocycles. The van der Waals surface area contributed by atoms with Crippen molar-refractivity contribution < 1.29 is 4.42 Å². The van der Waals surface area contributed by atoms with Gasteiger partial charge >= 0.3 is 0 Å². The number of aromatic nitrogens is 6. The van der Waals surface area contributed by atoms with E-state index in [-0.39, 0.29) is 6.04 Å². The monoisotopic (exact) mass is 376 g/mol. The summed E-state index contributed by atoms with van der Waals surface area (Å²) in [7, 11) is 0. The Morgan fingerprint density at radius 1 is 1.11 bits per heavy atom. The van der Waals surface area contributed by atoms with E-state index in [0.717, 1.165) is 18.5 Å². The van der Waals surface area contributed by atoms with E-state index in [0.29, 0.717) is 23.3 Å². The normalized spacial score (nSPS) is 11.9. The van der Waals surface area contributed by atoms with Crippen LogP contribution < -0.4 is 10.6 Å². The molecule has 0 spiro atoms. The van der Waals surface area contributed by atoms with Crippen molar-refractivity contribution in [3.8, 4) is 0 Å². The Bertz CT molecular complexity index is 1000. The molecule has 4 aromatic heterocycles. The van der Waals surface area contributed by atoms with Crippen molar-refractivity contribution in [1.29, 1.82) is 0 Å². The summed E-state index contributed by atoms with van der Waals surface area (Å²) < 4.78 is 5.29. The van der Waals surface area contributed by atoms with Gasteiger partial charge in [0.15, 0.2) is 12.2 Å². The maximum Gasteiger partial charge on any atom is 0.225 e. The summed E-state index contributed by atoms with van der Waals surface area (Å²) >= 11 is 0. The number of hydrogen-bond acceptors (Lipinski definition) is 8. The van der Waals surface area contributed by atoms with Crippen molar-refractivity contribution in [3.05, 3.63) is 72.5 Å². The van der Waals surface area contributed by atoms with Gasteiger partial charge in [-0.15, -0.1) is 0 Å². The molecule has 0 saturated heterocycles. The quantitative estimate of drug-likeness (QED) is 0.429. The molecule has 0 aromatic carbocycles. The molecule has 142 valence electrons. The van der Waals surface area contributed by atoms with Crippen molar-refractivity contribution in [2.24, 2.45) is 0 Å². The molecule has 4 aromatic rings. The molecule has 0 aliphatic rings. The highest BCUT2D eigenvalue weighted by molar-refractivity contribution is 5.53. The van der Waals surface area contributed by atoms with Gasteiger partial charge in [0, 0.05) is 30.4 Å². The minimum absolute atomic E-state index is 0.0952. The number of aryl methyl sites for hydroxylation is 2. The average Bonchev–Trinajstić information content (AvgIpc) is 3.40. The zero-order valence-corrected chi connectivity index (χ0v) is 15.3. The van der Waals surface area contributed by atoms with Crippen LogP contribution in [0.3, 0.4) is 0 Å². The number of H-pyrrole nitrogens is 1. The summed E-state index contributed by atoms with van der Waals surface area (Å²) in [5, 5.41) is 13.7. The predicted molar refractivity (Wildman–Crippen MR) is 104 cm³/mol. The van der Waals surface area contributed by atoms with E-state index in [2.05, 4.69) is 46.8 Å². The van der Waals surface area contributed by atoms with Gasteiger partial charge in [0.05, 0.1) is 12.2 Å². The Hall–Kier alpha value is -3.75. The molecule has 9 heteroatoms. The topological polar surface area (TPSA) is 117 Å². The van der Waals surface area contributed by atoms with Gasteiger partial charge in [-0.3, -0.25) is 10.1 Å². The first kappa shape index (κ1) is 17.7. The number of oxazole rings is 1. The van der Waals surface area contributed by atoms with Crippen LogP contribution in [0.4, 0.5) is 17.6 Å². The summed E-state index contributed by atoms with van der Waals surface area (Å²) in [6, 6.07) is 7.68. The highest BCUT2D eigenvalue weighted by Gasteiger charge is 2.11. The minimum atomic E-state index is -0.0952. The third kappa shape index (κ3) is 4.50. The molecule has 0 fully saturated rings. The Morgan fingerprint density at radius 3 is 2.89 bits per heavy atom. The van der Waals surface area contributed by atoms with E-state index in [4.69, 9.17) is 4.42 Å². The number of aromatic amines is 1. The summed E-state index contributed by atoms with van der Waals surface area (Å²) in [6.45, 7) is 1.95. The van der Waals surface area contributed by atoms with E-state index < -0.39 is 0 Å². The number of nitrogens with zero attached hydrogens (tertiary/aromatic N) is 5. The fourth-order valence-corrected chi connectivity index (χ4v) is 2.71. The van der Waals surface area contributed by atoms with E-state index >= 15 is 0 Å². The Labute approximate surface area is 161 Å². The Balaban J connectivity index is 1.36. The van der Waals surface area contributed by atoms with Crippen LogP contribution in [-0.2, 0) is 12.8 Å². The van der Waals surface area contributed by atoms with Gasteiger partial charge in [0.2, 0.25) is 5.95 Å². The molecule has 4 heterocycles. The van der Waals surface area contributed by atoms with Crippen molar-refractivity contribution in [3.63, 3.8) is 0 Å². The van der Waals surface area contributed by atoms with Crippen LogP contribution in [0.2, 0.25) is 0 Å². The molecule has 0 amide bonds. The lowest BCUT2D eigenvalue weighted by molar-refractivity contribution is 0.485. The minimum Gasteiger partial charge on any atom is -0.446 e. The van der Waals surface area contributed by atoms with Gasteiger partial charge in [-0.05, 0) is 37.5 Å². The second-order valence-electron chi connectivity index (χ2n) is 6.30. The van der Waals surface area contributed by atoms with E-state index in [1.165, 1.54) is 12.0 Å². The van der Waals surface area contributed by atoms with Crippen molar-refractivity contribution >= 4 is 17.6 Å². The van der Waals surface area contributed by atoms with Gasteiger partial charge in [-0.2, -0.15) is 10.1 Å². The molecule has 0 bridgehead atoms. The third-order valence-electron chi connectivity index (χ3n) is 4.17. The zero-order valence-electron chi connectivity index (χ0n) is 15.3. The Morgan fingerprint density at radius 2 is 2.07 bits per heavy atom. The van der Waals surface area contributed by atoms with Gasteiger partial charge in [0.25, 0.3) is 0 Å². The molecule has 9 nitrogen and oxygen atoms in total. The first-order valence-electron chi connectivity index (χ1n) is 8.94. The maximum atomic E-state index is 5.29. The zero-order chi connectivity index (χ0) is 19.2. The number of pyridine rings is 1. The van der Waals surface area contributed by atoms with E-state index in [1.807, 2.05) is 25.3 Å². The van der Waals surface area contributed by atoms with Crippen LogP contribution in [0.5, 0.6) is 0 Å². The van der Waals surface area contributed by atoms with Crippen LogP contribution >= 0.6 is 0 Å². The van der Waals surface area contributed by atoms with E-state index in [9.17, 15) is 0 Å². The SMILES string of the molecule is CC(Nc1nccc(Nc2cc(CCc3cccnc3)[nH]n2)n1)c1cnco1. The largest absolute Gasteiger partial charge is 0.446 e. The lowest BCUT2D eigenvalue weighted by atomic mass is 10.1. The number of anilines is 3. The molecular formula is C19H20N8O. The lowest BCUT2D eigenvalue weighted by Crippen LogP contribution is -2.09. The van der Waals surface area contributed by atoms with Gasteiger partial charge in [-0.1, -0.05) is 6.07 Å². The fraction of sp³-hybridized carbons (Fsp3) is 0.211. The van der Waals surface area contributed by atoms with Crippen molar-refractivity contribution in [2.45, 2.75) is 25.8 Å². The predicted octanol–water partition coefficient (Wildman–Crippen LogP) is 3.28. The second kappa shape index (κ2) is 8.30. The molecule has 1 atom stereocenters. The highest BCUT2D eigenvalue weighted by atomic mass is 16.3. The molecule has 28 heavy (non-hydrogen) atoms. The van der Waals surface area contributed by atoms with Gasteiger partial charge in [-0.25, -0.2) is 9.97 Å². The van der Waals surface area contributed by atoms with Crippen LogP contribution in [0.1, 0.15) is 30.0 Å². The summed E-state index contributed by atoms with van der Waals surface area (Å²) in [6.07, 6.45) is 10.2. The van der Waals surface area contributed by atoms with Crippen LogP contribution in [0, 0.1) is 0 Å². The molecule has 0 aliphatic carbocycles. The summed E-state index contributed by atoms with van der Waals surface area (Å²) in [5.74, 6) is 2.55. The van der Waals surface area contributed by atoms with Gasteiger partial charge < -0.3 is 15.1 Å². The van der Waals surface area contributed by atoms with Crippen LogP contribution in [0.15, 0.2) is 59.9 Å². The second-order valence-corrected chi connectivity index (χ2v) is 6.30. The van der Waals surface area contributed by atoms with Crippen LogP contribution in [0.25, 0.3) is 0 Å². The summed E-state index contributed by atoms with van der Waals surface area (Å²) in [4.78, 5) is 16.8. The number of rotatable bonds is 8. The molecule has 0 saturated carbocycles. The first-order chi connectivity index (χ1) is 13.8. The Kier molecular flexibility index (Phi) is 5.23. The first-order valence-corrected chi connectivity index (χ1v) is 8.94. The molecule has 3 N–H and O–H groups in total. The fourth-order valence-electron chi connectivity index (χ4n) is 2.71. The van der Waals surface area contributed by atoms with Crippen molar-refractivity contribution in [1.82, 2.24) is 30.1 Å². The average molecular weight is 376 g/mol. The number of nitrogens with one attached hydrogen (secondary N) is 3. The van der Waals surface area contributed by atoms with Crippen LogP contribution in [-0.4, -0.2) is 30.1 Å². The van der Waals surface area contributed by atoms with Crippen molar-refractivity contribution in [2.75, 3.05) is 10.6 Å². The number of hydrogen-bond donors (Lipinski definition) is 3. The third-order valence-corrected chi connectivity index (χ3v) is 4.17. The standard InChI is InChI=1S/C19H20N8O/c1-13(16-11-21-12-28-16)23-19-22-8-6-17(25-19)24-18-9-15(26-27-18)5-4-14-3-2-7-20-10-14/h2-3,6-13H,4-5H2,1H3,(H3,22,23,24,25,26,27). The molecular weight excluding hydrogens is 356 g/mol. The van der Waals surface area contributed by atoms with E-state index in [1.54, 1.807) is 24.7 Å². The molecule has 4 rings (SSSR count). The van der Waals surface area contributed by atoms with Gasteiger partial charge in [0.1, 0.15) is 11.6 Å². The smallest absolute Gasteiger partial charge is 0.225 e. The molecule has 0 radical (unpaired) electrons. The molecule has 1 unspecified atom stereocenters. The highest BCUT2D eigenvalue weighted by Crippen LogP contribution is 2.18. The maximum absolute atomic E-state index is 5.29.